The summed E-state index contributed by atoms with van der Waals surface area (Å²) in [6, 6.07) is 19.1. The van der Waals surface area contributed by atoms with Gasteiger partial charge in [-0.05, 0) is 48.5 Å². The highest BCUT2D eigenvalue weighted by atomic mass is 32.2. The van der Waals surface area contributed by atoms with Crippen LogP contribution in [-0.2, 0) is 14.9 Å². The standard InChI is InChI=1S/C23H22O8S/c1-27-20-12-13-21(28-2)22(16-20)32(25,26)31-19-10-8-17(9-11-19)23(24)30-15-14-29-18-6-4-3-5-7-18/h3-13,16H,14-15H2,1-2H3. The number of ether oxygens (including phenoxy) is 4. The minimum atomic E-state index is -4.20. The Morgan fingerprint density at radius 1 is 0.781 bits per heavy atom. The lowest BCUT2D eigenvalue weighted by atomic mass is 10.2. The molecule has 9 heteroatoms. The van der Waals surface area contributed by atoms with E-state index in [1.807, 2.05) is 18.2 Å². The summed E-state index contributed by atoms with van der Waals surface area (Å²) in [5, 5.41) is 0. The fraction of sp³-hybridized carbons (Fsp3) is 0.174. The Labute approximate surface area is 186 Å². The zero-order chi connectivity index (χ0) is 23.0. The topological polar surface area (TPSA) is 97.4 Å². The Bertz CT molecular complexity index is 1140. The SMILES string of the molecule is COc1ccc(OC)c(S(=O)(=O)Oc2ccc(C(=O)OCCOc3ccccc3)cc2)c1. The number of hydrogen-bond donors (Lipinski definition) is 0. The first-order chi connectivity index (χ1) is 15.4. The van der Waals surface area contributed by atoms with Crippen molar-refractivity contribution < 1.29 is 36.3 Å². The van der Waals surface area contributed by atoms with E-state index >= 15 is 0 Å². The van der Waals surface area contributed by atoms with Crippen molar-refractivity contribution in [3.63, 3.8) is 0 Å². The molecule has 0 N–H and O–H groups in total. The van der Waals surface area contributed by atoms with Gasteiger partial charge >= 0.3 is 16.1 Å². The van der Waals surface area contributed by atoms with Crippen LogP contribution >= 0.6 is 0 Å². The normalized spacial score (nSPS) is 10.8. The van der Waals surface area contributed by atoms with Crippen LogP contribution in [0.4, 0.5) is 0 Å². The molecule has 0 heterocycles. The van der Waals surface area contributed by atoms with Gasteiger partial charge in [0.25, 0.3) is 0 Å². The van der Waals surface area contributed by atoms with Gasteiger partial charge in [0.2, 0.25) is 0 Å². The van der Waals surface area contributed by atoms with Crippen molar-refractivity contribution in [3.05, 3.63) is 78.4 Å². The Hall–Kier alpha value is -3.72. The molecule has 0 aliphatic heterocycles. The van der Waals surface area contributed by atoms with E-state index < -0.39 is 16.1 Å². The molecule has 168 valence electrons. The Morgan fingerprint density at radius 3 is 2.12 bits per heavy atom. The van der Waals surface area contributed by atoms with Gasteiger partial charge < -0.3 is 23.1 Å². The molecule has 0 bridgehead atoms. The van der Waals surface area contributed by atoms with Gasteiger partial charge in [0.1, 0.15) is 36.2 Å². The molecule has 0 amide bonds. The molecular formula is C23H22O8S. The Kier molecular flexibility index (Phi) is 7.56. The fourth-order valence-electron chi connectivity index (χ4n) is 2.69. The van der Waals surface area contributed by atoms with Crippen LogP contribution in [-0.4, -0.2) is 41.8 Å². The van der Waals surface area contributed by atoms with E-state index in [-0.39, 0.29) is 35.2 Å². The minimum Gasteiger partial charge on any atom is -0.497 e. The number of hydrogen-bond acceptors (Lipinski definition) is 8. The number of para-hydroxylation sites is 1. The number of rotatable bonds is 10. The third-order valence-corrected chi connectivity index (χ3v) is 5.53. The van der Waals surface area contributed by atoms with Crippen LogP contribution in [0.5, 0.6) is 23.0 Å². The quantitative estimate of drug-likeness (QED) is 0.258. The molecule has 0 saturated carbocycles. The maximum absolute atomic E-state index is 12.7. The fourth-order valence-corrected chi connectivity index (χ4v) is 3.80. The lowest BCUT2D eigenvalue weighted by molar-refractivity contribution is 0.0450. The van der Waals surface area contributed by atoms with Crippen molar-refractivity contribution in [3.8, 4) is 23.0 Å². The third-order valence-electron chi connectivity index (χ3n) is 4.26. The van der Waals surface area contributed by atoms with E-state index in [4.69, 9.17) is 23.1 Å². The van der Waals surface area contributed by atoms with E-state index in [9.17, 15) is 13.2 Å². The highest BCUT2D eigenvalue weighted by Crippen LogP contribution is 2.30. The van der Waals surface area contributed by atoms with Crippen molar-refractivity contribution in [2.45, 2.75) is 4.90 Å². The summed E-state index contributed by atoms with van der Waals surface area (Å²) in [5.74, 6) is 0.592. The first-order valence-corrected chi connectivity index (χ1v) is 11.0. The molecule has 0 radical (unpaired) electrons. The van der Waals surface area contributed by atoms with Crippen LogP contribution in [0.1, 0.15) is 10.4 Å². The molecule has 0 unspecified atom stereocenters. The van der Waals surface area contributed by atoms with E-state index in [0.717, 1.165) is 0 Å². The molecule has 0 aromatic heterocycles. The molecule has 0 fully saturated rings. The van der Waals surface area contributed by atoms with Crippen molar-refractivity contribution in [1.29, 1.82) is 0 Å². The number of carbonyl (C=O) groups excluding carboxylic acids is 1. The predicted molar refractivity (Wildman–Crippen MR) is 116 cm³/mol. The van der Waals surface area contributed by atoms with E-state index in [1.54, 1.807) is 18.2 Å². The lowest BCUT2D eigenvalue weighted by Crippen LogP contribution is -2.13. The lowest BCUT2D eigenvalue weighted by Gasteiger charge is -2.12. The molecule has 3 aromatic rings. The molecule has 3 aromatic carbocycles. The van der Waals surface area contributed by atoms with Gasteiger partial charge in [-0.1, -0.05) is 18.2 Å². The maximum Gasteiger partial charge on any atom is 0.343 e. The second kappa shape index (κ2) is 10.5. The van der Waals surface area contributed by atoms with Crippen LogP contribution < -0.4 is 18.4 Å². The summed E-state index contributed by atoms with van der Waals surface area (Å²) in [7, 11) is -1.43. The number of methoxy groups -OCH3 is 2. The van der Waals surface area contributed by atoms with E-state index in [0.29, 0.717) is 11.5 Å². The van der Waals surface area contributed by atoms with Gasteiger partial charge in [-0.3, -0.25) is 0 Å². The summed E-state index contributed by atoms with van der Waals surface area (Å²) in [5.41, 5.74) is 0.244. The minimum absolute atomic E-state index is 0.0267. The van der Waals surface area contributed by atoms with Crippen LogP contribution in [0.2, 0.25) is 0 Å². The average Bonchev–Trinajstić information content (AvgIpc) is 2.82. The molecule has 8 nitrogen and oxygen atoms in total. The van der Waals surface area contributed by atoms with Crippen LogP contribution in [0.15, 0.2) is 77.7 Å². The average molecular weight is 458 g/mol. The maximum atomic E-state index is 12.7. The first kappa shape index (κ1) is 23.0. The van der Waals surface area contributed by atoms with Crippen LogP contribution in [0.25, 0.3) is 0 Å². The van der Waals surface area contributed by atoms with Crippen molar-refractivity contribution in [2.75, 3.05) is 27.4 Å². The Morgan fingerprint density at radius 2 is 1.47 bits per heavy atom. The largest absolute Gasteiger partial charge is 0.497 e. The number of benzene rings is 3. The third kappa shape index (κ3) is 5.92. The zero-order valence-electron chi connectivity index (χ0n) is 17.5. The van der Waals surface area contributed by atoms with Crippen molar-refractivity contribution in [1.82, 2.24) is 0 Å². The molecule has 3 rings (SSSR count). The molecule has 0 atom stereocenters. The van der Waals surface area contributed by atoms with Gasteiger partial charge in [-0.15, -0.1) is 0 Å². The van der Waals surface area contributed by atoms with Crippen LogP contribution in [0, 0.1) is 0 Å². The summed E-state index contributed by atoms with van der Waals surface area (Å²) in [4.78, 5) is 12.0. The van der Waals surface area contributed by atoms with Crippen molar-refractivity contribution in [2.24, 2.45) is 0 Å². The molecule has 32 heavy (non-hydrogen) atoms. The van der Waals surface area contributed by atoms with Crippen LogP contribution in [0.3, 0.4) is 0 Å². The Balaban J connectivity index is 1.59. The molecule has 0 aliphatic carbocycles. The molecule has 0 saturated heterocycles. The monoisotopic (exact) mass is 458 g/mol. The molecular weight excluding hydrogens is 436 g/mol. The van der Waals surface area contributed by atoms with Gasteiger partial charge in [-0.25, -0.2) is 4.79 Å². The summed E-state index contributed by atoms with van der Waals surface area (Å²) in [6.45, 7) is 0.271. The zero-order valence-corrected chi connectivity index (χ0v) is 18.3. The summed E-state index contributed by atoms with van der Waals surface area (Å²) < 4.78 is 51.4. The second-order valence-corrected chi connectivity index (χ2v) is 7.89. The summed E-state index contributed by atoms with van der Waals surface area (Å²) >= 11 is 0. The predicted octanol–water partition coefficient (Wildman–Crippen LogP) is 3.71. The first-order valence-electron chi connectivity index (χ1n) is 9.54. The highest BCUT2D eigenvalue weighted by molar-refractivity contribution is 7.87. The molecule has 0 aliphatic rings. The van der Waals surface area contributed by atoms with Gasteiger partial charge in [-0.2, -0.15) is 8.42 Å². The highest BCUT2D eigenvalue weighted by Gasteiger charge is 2.23. The smallest absolute Gasteiger partial charge is 0.343 e. The van der Waals surface area contributed by atoms with E-state index in [1.165, 1.54) is 50.6 Å². The summed E-state index contributed by atoms with van der Waals surface area (Å²) in [6.07, 6.45) is 0. The van der Waals surface area contributed by atoms with Gasteiger partial charge in [0.05, 0.1) is 19.8 Å². The number of esters is 1. The van der Waals surface area contributed by atoms with Gasteiger partial charge in [0, 0.05) is 6.07 Å². The molecule has 0 spiro atoms. The second-order valence-electron chi connectivity index (χ2n) is 6.38. The number of carbonyl (C=O) groups is 1. The van der Waals surface area contributed by atoms with Gasteiger partial charge in [0.15, 0.2) is 4.90 Å². The van der Waals surface area contributed by atoms with E-state index in [2.05, 4.69) is 0 Å². The van der Waals surface area contributed by atoms with Crippen molar-refractivity contribution >= 4 is 16.1 Å².